The van der Waals surface area contributed by atoms with Gasteiger partial charge in [0, 0.05) is 5.54 Å². The highest BCUT2D eigenvalue weighted by molar-refractivity contribution is 6.68. The van der Waals surface area contributed by atoms with Gasteiger partial charge < -0.3 is 9.41 Å². The fraction of sp³-hybridized carbons (Fsp3) is 0.600. The molecule has 1 aliphatic carbocycles. The van der Waals surface area contributed by atoms with Crippen molar-refractivity contribution in [3.8, 4) is 0 Å². The Balaban J connectivity index is 2.07. The second-order valence-corrected chi connectivity index (χ2v) is 10.2. The van der Waals surface area contributed by atoms with Crippen molar-refractivity contribution in [2.45, 2.75) is 58.3 Å². The monoisotopic (exact) mass is 263 g/mol. The zero-order chi connectivity index (χ0) is 13.4. The Bertz CT molecular complexity index is 423. The number of fused-ring (bicyclic) bond motifs is 1. The molecule has 1 aliphatic rings. The second kappa shape index (κ2) is 4.80. The fourth-order valence-electron chi connectivity index (χ4n) is 2.93. The minimum atomic E-state index is -1.82. The van der Waals surface area contributed by atoms with Crippen molar-refractivity contribution in [2.24, 2.45) is 0 Å². The van der Waals surface area contributed by atoms with Gasteiger partial charge in [-0.05, 0) is 57.8 Å². The molecular weight excluding hydrogens is 238 g/mol. The van der Waals surface area contributed by atoms with Crippen LogP contribution in [-0.2, 0) is 10.8 Å². The summed E-state index contributed by atoms with van der Waals surface area (Å²) in [5, 5.41) is 0. The summed E-state index contributed by atoms with van der Waals surface area (Å²) < 4.78 is 6.43. The van der Waals surface area contributed by atoms with Crippen molar-refractivity contribution in [1.82, 2.24) is 4.98 Å². The van der Waals surface area contributed by atoms with Crippen LogP contribution in [0.15, 0.2) is 24.3 Å². The molecule has 0 saturated carbocycles. The van der Waals surface area contributed by atoms with Crippen molar-refractivity contribution in [3.05, 3.63) is 35.4 Å². The van der Waals surface area contributed by atoms with Crippen LogP contribution in [0.1, 0.15) is 44.4 Å². The van der Waals surface area contributed by atoms with Crippen LogP contribution < -0.4 is 4.98 Å². The summed E-state index contributed by atoms with van der Waals surface area (Å²) in [6.45, 7) is 11.1. The molecule has 18 heavy (non-hydrogen) atoms. The molecule has 100 valence electrons. The normalized spacial score (nSPS) is 19.9. The van der Waals surface area contributed by atoms with Gasteiger partial charge in [0.05, 0.1) is 6.10 Å². The molecule has 0 radical (unpaired) electrons. The zero-order valence-corrected chi connectivity index (χ0v) is 13.2. The van der Waals surface area contributed by atoms with Crippen molar-refractivity contribution >= 4 is 8.48 Å². The molecule has 0 heterocycles. The molecule has 1 unspecified atom stereocenters. The maximum atomic E-state index is 6.43. The summed E-state index contributed by atoms with van der Waals surface area (Å²) in [6.07, 6.45) is 2.57. The standard InChI is InChI=1S/C15H25NOSi/c1-15(2,3)16-18(4,5)17-14-11-10-12-8-6-7-9-13(12)14/h6-9,14,16H,10-11H2,1-5H3. The number of benzene rings is 1. The van der Waals surface area contributed by atoms with Crippen molar-refractivity contribution < 1.29 is 4.43 Å². The van der Waals surface area contributed by atoms with E-state index in [1.54, 1.807) is 0 Å². The largest absolute Gasteiger partial charge is 0.396 e. The Hall–Kier alpha value is -0.643. The summed E-state index contributed by atoms with van der Waals surface area (Å²) >= 11 is 0. The van der Waals surface area contributed by atoms with Crippen molar-refractivity contribution in [2.75, 3.05) is 0 Å². The van der Waals surface area contributed by atoms with Gasteiger partial charge in [0.15, 0.2) is 0 Å². The fourth-order valence-corrected chi connectivity index (χ4v) is 5.75. The molecule has 0 aromatic heterocycles. The molecule has 2 rings (SSSR count). The number of hydrogen-bond acceptors (Lipinski definition) is 2. The van der Waals surface area contributed by atoms with Gasteiger partial charge in [0.1, 0.15) is 0 Å². The van der Waals surface area contributed by atoms with Gasteiger partial charge in [-0.1, -0.05) is 24.3 Å². The Labute approximate surface area is 112 Å². The van der Waals surface area contributed by atoms with Gasteiger partial charge in [0.25, 0.3) is 8.48 Å². The highest BCUT2D eigenvalue weighted by Gasteiger charge is 2.34. The SMILES string of the molecule is CC(C)(C)N[Si](C)(C)OC1CCc2ccccc21. The van der Waals surface area contributed by atoms with Crippen LogP contribution in [0.25, 0.3) is 0 Å². The Morgan fingerprint density at radius 2 is 1.89 bits per heavy atom. The van der Waals surface area contributed by atoms with Gasteiger partial charge in [-0.15, -0.1) is 0 Å². The number of hydrogen-bond donors (Lipinski definition) is 1. The lowest BCUT2D eigenvalue weighted by molar-refractivity contribution is 0.185. The molecular formula is C15H25NOSi. The van der Waals surface area contributed by atoms with Crippen molar-refractivity contribution in [3.63, 3.8) is 0 Å². The minimum Gasteiger partial charge on any atom is -0.396 e. The molecule has 2 nitrogen and oxygen atoms in total. The van der Waals surface area contributed by atoms with Gasteiger partial charge >= 0.3 is 0 Å². The Morgan fingerprint density at radius 1 is 1.22 bits per heavy atom. The first-order valence-electron chi connectivity index (χ1n) is 6.82. The first-order chi connectivity index (χ1) is 8.27. The quantitative estimate of drug-likeness (QED) is 0.838. The minimum absolute atomic E-state index is 0.119. The maximum Gasteiger partial charge on any atom is 0.263 e. The maximum absolute atomic E-state index is 6.43. The molecule has 0 bridgehead atoms. The van der Waals surface area contributed by atoms with E-state index in [-0.39, 0.29) is 11.6 Å². The molecule has 0 aliphatic heterocycles. The van der Waals surface area contributed by atoms with E-state index in [4.69, 9.17) is 4.43 Å². The highest BCUT2D eigenvalue weighted by Crippen LogP contribution is 2.35. The van der Waals surface area contributed by atoms with Crippen molar-refractivity contribution in [1.29, 1.82) is 0 Å². The third-order valence-electron chi connectivity index (χ3n) is 3.19. The molecule has 0 spiro atoms. The van der Waals surface area contributed by atoms with Crippen LogP contribution in [-0.4, -0.2) is 14.0 Å². The molecule has 3 heteroatoms. The second-order valence-electron chi connectivity index (χ2n) is 6.73. The van der Waals surface area contributed by atoms with Crippen LogP contribution >= 0.6 is 0 Å². The van der Waals surface area contributed by atoms with E-state index in [1.807, 2.05) is 0 Å². The average molecular weight is 263 g/mol. The van der Waals surface area contributed by atoms with E-state index in [0.717, 1.165) is 12.8 Å². The van der Waals surface area contributed by atoms with Crippen LogP contribution in [0.3, 0.4) is 0 Å². The third kappa shape index (κ3) is 3.43. The highest BCUT2D eigenvalue weighted by atomic mass is 28.4. The Morgan fingerprint density at radius 3 is 2.56 bits per heavy atom. The lowest BCUT2D eigenvalue weighted by atomic mass is 10.1. The van der Waals surface area contributed by atoms with E-state index in [9.17, 15) is 0 Å². The van der Waals surface area contributed by atoms with Gasteiger partial charge in [-0.25, -0.2) is 0 Å². The summed E-state index contributed by atoms with van der Waals surface area (Å²) in [5.74, 6) is 0. The smallest absolute Gasteiger partial charge is 0.263 e. The molecule has 0 fully saturated rings. The zero-order valence-electron chi connectivity index (χ0n) is 12.2. The summed E-state index contributed by atoms with van der Waals surface area (Å²) in [5.41, 5.74) is 2.98. The molecule has 0 amide bonds. The lowest BCUT2D eigenvalue weighted by Gasteiger charge is -2.35. The van der Waals surface area contributed by atoms with E-state index >= 15 is 0 Å². The molecule has 1 aromatic rings. The van der Waals surface area contributed by atoms with Crippen LogP contribution in [0.5, 0.6) is 0 Å². The predicted octanol–water partition coefficient (Wildman–Crippen LogP) is 3.78. The van der Waals surface area contributed by atoms with Gasteiger partial charge in [0.2, 0.25) is 0 Å². The number of aryl methyl sites for hydroxylation is 1. The summed E-state index contributed by atoms with van der Waals surface area (Å²) in [7, 11) is -1.82. The summed E-state index contributed by atoms with van der Waals surface area (Å²) in [6, 6.07) is 8.68. The average Bonchev–Trinajstić information content (AvgIpc) is 2.57. The lowest BCUT2D eigenvalue weighted by Crippen LogP contribution is -2.56. The topological polar surface area (TPSA) is 21.3 Å². The van der Waals surface area contributed by atoms with Gasteiger partial charge in [-0.2, -0.15) is 0 Å². The number of nitrogens with one attached hydrogen (secondary N) is 1. The van der Waals surface area contributed by atoms with Crippen LogP contribution in [0.2, 0.25) is 13.1 Å². The van der Waals surface area contributed by atoms with E-state index in [0.29, 0.717) is 0 Å². The van der Waals surface area contributed by atoms with E-state index < -0.39 is 8.48 Å². The third-order valence-corrected chi connectivity index (χ3v) is 5.42. The van der Waals surface area contributed by atoms with Crippen LogP contribution in [0.4, 0.5) is 0 Å². The molecule has 1 N–H and O–H groups in total. The molecule has 1 atom stereocenters. The first-order valence-corrected chi connectivity index (χ1v) is 9.73. The van der Waals surface area contributed by atoms with E-state index in [1.165, 1.54) is 11.1 Å². The molecule has 0 saturated heterocycles. The van der Waals surface area contributed by atoms with Gasteiger partial charge in [-0.3, -0.25) is 0 Å². The first kappa shape index (κ1) is 13.8. The predicted molar refractivity (Wildman–Crippen MR) is 79.0 cm³/mol. The number of rotatable bonds is 3. The summed E-state index contributed by atoms with van der Waals surface area (Å²) in [4.78, 5) is 3.67. The molecule has 1 aromatic carbocycles. The Kier molecular flexibility index (Phi) is 3.67. The van der Waals surface area contributed by atoms with E-state index in [2.05, 4.69) is 63.1 Å². The van der Waals surface area contributed by atoms with Crippen LogP contribution in [0, 0.1) is 0 Å².